The van der Waals surface area contributed by atoms with Crippen LogP contribution in [0, 0.1) is 19.7 Å². The van der Waals surface area contributed by atoms with Crippen molar-refractivity contribution in [2.75, 3.05) is 5.73 Å². The number of nitrogens with two attached hydrogens (primary N) is 1. The second-order valence-corrected chi connectivity index (χ2v) is 6.26. The first-order valence-electron chi connectivity index (χ1n) is 6.31. The Morgan fingerprint density at radius 2 is 2.05 bits per heavy atom. The Labute approximate surface area is 121 Å². The number of carbonyl (C=O) groups is 1. The highest BCUT2D eigenvalue weighted by atomic mass is 32.1. The Morgan fingerprint density at radius 3 is 2.65 bits per heavy atom. The smallest absolute Gasteiger partial charge is 0.253 e. The first kappa shape index (κ1) is 14.5. The predicted octanol–water partition coefficient (Wildman–Crippen LogP) is 3.58. The molecule has 2 aromatic rings. The number of rotatable bonds is 3. The van der Waals surface area contributed by atoms with E-state index in [1.807, 2.05) is 20.8 Å². The second kappa shape index (κ2) is 5.63. The Morgan fingerprint density at radius 1 is 1.35 bits per heavy atom. The van der Waals surface area contributed by atoms with Crippen LogP contribution in [0.15, 0.2) is 24.3 Å². The van der Waals surface area contributed by atoms with Gasteiger partial charge in [-0.05, 0) is 50.6 Å². The van der Waals surface area contributed by atoms with Crippen molar-refractivity contribution >= 4 is 22.9 Å². The molecule has 3 N–H and O–H groups in total. The van der Waals surface area contributed by atoms with Crippen molar-refractivity contribution in [3.8, 4) is 0 Å². The van der Waals surface area contributed by atoms with Crippen molar-refractivity contribution in [1.29, 1.82) is 0 Å². The Hall–Kier alpha value is -1.88. The summed E-state index contributed by atoms with van der Waals surface area (Å²) in [5.41, 5.74) is 7.23. The summed E-state index contributed by atoms with van der Waals surface area (Å²) in [7, 11) is 0. The van der Waals surface area contributed by atoms with Crippen LogP contribution < -0.4 is 11.1 Å². The normalized spacial score (nSPS) is 12.2. The summed E-state index contributed by atoms with van der Waals surface area (Å²) in [5.74, 6) is -0.836. The van der Waals surface area contributed by atoms with E-state index >= 15 is 0 Å². The molecule has 1 aromatic heterocycles. The van der Waals surface area contributed by atoms with Gasteiger partial charge in [-0.2, -0.15) is 0 Å². The molecule has 0 aliphatic rings. The molecule has 1 amide bonds. The molecule has 1 heterocycles. The van der Waals surface area contributed by atoms with Gasteiger partial charge in [0.1, 0.15) is 5.82 Å². The summed E-state index contributed by atoms with van der Waals surface area (Å²) < 4.78 is 13.2. The van der Waals surface area contributed by atoms with Gasteiger partial charge in [-0.15, -0.1) is 11.3 Å². The maximum Gasteiger partial charge on any atom is 0.253 e. The number of anilines is 1. The largest absolute Gasteiger partial charge is 0.398 e. The molecule has 2 rings (SSSR count). The highest BCUT2D eigenvalue weighted by Gasteiger charge is 2.17. The molecule has 0 fully saturated rings. The van der Waals surface area contributed by atoms with Crippen LogP contribution in [0.3, 0.4) is 0 Å². The fourth-order valence-corrected chi connectivity index (χ4v) is 3.18. The molecule has 1 aromatic carbocycles. The zero-order chi connectivity index (χ0) is 14.9. The highest BCUT2D eigenvalue weighted by molar-refractivity contribution is 7.12. The van der Waals surface area contributed by atoms with Crippen molar-refractivity contribution in [3.63, 3.8) is 0 Å². The van der Waals surface area contributed by atoms with E-state index in [9.17, 15) is 9.18 Å². The van der Waals surface area contributed by atoms with Crippen molar-refractivity contribution < 1.29 is 9.18 Å². The lowest BCUT2D eigenvalue weighted by molar-refractivity contribution is 0.0940. The van der Waals surface area contributed by atoms with Gasteiger partial charge in [-0.25, -0.2) is 4.39 Å². The zero-order valence-electron chi connectivity index (χ0n) is 11.7. The van der Waals surface area contributed by atoms with E-state index in [1.54, 1.807) is 11.3 Å². The average Bonchev–Trinajstić information content (AvgIpc) is 2.71. The van der Waals surface area contributed by atoms with Crippen LogP contribution >= 0.6 is 11.3 Å². The number of nitrogens with one attached hydrogen (secondary N) is 1. The van der Waals surface area contributed by atoms with Gasteiger partial charge < -0.3 is 11.1 Å². The minimum absolute atomic E-state index is 0.143. The molecule has 106 valence electrons. The van der Waals surface area contributed by atoms with Crippen LogP contribution in [0.2, 0.25) is 0 Å². The number of benzene rings is 1. The summed E-state index contributed by atoms with van der Waals surface area (Å²) in [6.45, 7) is 5.95. The number of hydrogen-bond donors (Lipinski definition) is 2. The standard InChI is InChI=1S/C15H17FN2OS/c1-8-6-12(10(3)20-8)9(2)18-15(19)13-7-11(16)4-5-14(13)17/h4-7,9H,17H2,1-3H3,(H,18,19). The van der Waals surface area contributed by atoms with Gasteiger partial charge in [-0.1, -0.05) is 0 Å². The molecule has 0 spiro atoms. The van der Waals surface area contributed by atoms with Gasteiger partial charge >= 0.3 is 0 Å². The third kappa shape index (κ3) is 2.99. The van der Waals surface area contributed by atoms with Crippen LogP contribution in [0.1, 0.15) is 38.6 Å². The molecule has 0 bridgehead atoms. The molecule has 0 saturated carbocycles. The van der Waals surface area contributed by atoms with E-state index in [4.69, 9.17) is 5.73 Å². The van der Waals surface area contributed by atoms with E-state index in [1.165, 1.54) is 21.9 Å². The topological polar surface area (TPSA) is 55.1 Å². The Balaban J connectivity index is 2.19. The number of hydrogen-bond acceptors (Lipinski definition) is 3. The molecule has 5 heteroatoms. The van der Waals surface area contributed by atoms with Gasteiger partial charge in [-0.3, -0.25) is 4.79 Å². The van der Waals surface area contributed by atoms with Crippen molar-refractivity contribution in [2.45, 2.75) is 26.8 Å². The van der Waals surface area contributed by atoms with E-state index in [-0.39, 0.29) is 23.2 Å². The quantitative estimate of drug-likeness (QED) is 0.850. The fourth-order valence-electron chi connectivity index (χ4n) is 2.16. The lowest BCUT2D eigenvalue weighted by Crippen LogP contribution is -2.27. The van der Waals surface area contributed by atoms with Crippen LogP contribution in [-0.2, 0) is 0 Å². The molecule has 3 nitrogen and oxygen atoms in total. The maximum absolute atomic E-state index is 13.2. The molecule has 0 radical (unpaired) electrons. The first-order chi connectivity index (χ1) is 9.38. The number of carbonyl (C=O) groups excluding carboxylic acids is 1. The lowest BCUT2D eigenvalue weighted by atomic mass is 10.1. The highest BCUT2D eigenvalue weighted by Crippen LogP contribution is 2.26. The van der Waals surface area contributed by atoms with Gasteiger partial charge in [0.05, 0.1) is 11.6 Å². The number of amides is 1. The third-order valence-corrected chi connectivity index (χ3v) is 4.14. The van der Waals surface area contributed by atoms with Gasteiger partial charge in [0.15, 0.2) is 0 Å². The third-order valence-electron chi connectivity index (χ3n) is 3.15. The molecule has 1 atom stereocenters. The summed E-state index contributed by atoms with van der Waals surface area (Å²) in [4.78, 5) is 14.5. The predicted molar refractivity (Wildman–Crippen MR) is 80.5 cm³/mol. The van der Waals surface area contributed by atoms with Crippen LogP contribution in [-0.4, -0.2) is 5.91 Å². The average molecular weight is 292 g/mol. The SMILES string of the molecule is Cc1cc(C(C)NC(=O)c2cc(F)ccc2N)c(C)s1. The van der Waals surface area contributed by atoms with E-state index in [0.29, 0.717) is 0 Å². The zero-order valence-corrected chi connectivity index (χ0v) is 12.5. The Kier molecular flexibility index (Phi) is 4.09. The number of thiophene rings is 1. The molecule has 20 heavy (non-hydrogen) atoms. The van der Waals surface area contributed by atoms with Crippen LogP contribution in [0.25, 0.3) is 0 Å². The van der Waals surface area contributed by atoms with Crippen molar-refractivity contribution in [3.05, 3.63) is 51.0 Å². The fraction of sp³-hybridized carbons (Fsp3) is 0.267. The van der Waals surface area contributed by atoms with Crippen LogP contribution in [0.4, 0.5) is 10.1 Å². The minimum Gasteiger partial charge on any atom is -0.398 e. The van der Waals surface area contributed by atoms with Gasteiger partial charge in [0.2, 0.25) is 0 Å². The summed E-state index contributed by atoms with van der Waals surface area (Å²) in [5, 5.41) is 2.86. The molecule has 0 aliphatic carbocycles. The maximum atomic E-state index is 13.2. The van der Waals surface area contributed by atoms with Crippen LogP contribution in [0.5, 0.6) is 0 Å². The number of nitrogen functional groups attached to an aromatic ring is 1. The molecule has 1 unspecified atom stereocenters. The minimum atomic E-state index is -0.473. The van der Waals surface area contributed by atoms with E-state index in [0.717, 1.165) is 11.6 Å². The monoisotopic (exact) mass is 292 g/mol. The van der Waals surface area contributed by atoms with E-state index in [2.05, 4.69) is 11.4 Å². The van der Waals surface area contributed by atoms with Crippen molar-refractivity contribution in [2.24, 2.45) is 0 Å². The lowest BCUT2D eigenvalue weighted by Gasteiger charge is -2.15. The summed E-state index contributed by atoms with van der Waals surface area (Å²) >= 11 is 1.69. The number of aryl methyl sites for hydroxylation is 2. The van der Waals surface area contributed by atoms with Gasteiger partial charge in [0.25, 0.3) is 5.91 Å². The van der Waals surface area contributed by atoms with E-state index < -0.39 is 5.82 Å². The first-order valence-corrected chi connectivity index (χ1v) is 7.13. The Bertz CT molecular complexity index is 651. The summed E-state index contributed by atoms with van der Waals surface area (Å²) in [6.07, 6.45) is 0. The molecular formula is C15H17FN2OS. The molecule has 0 saturated heterocycles. The number of halogens is 1. The second-order valence-electron chi connectivity index (χ2n) is 4.80. The van der Waals surface area contributed by atoms with Crippen molar-refractivity contribution in [1.82, 2.24) is 5.32 Å². The van der Waals surface area contributed by atoms with Gasteiger partial charge in [0, 0.05) is 15.4 Å². The molecule has 0 aliphatic heterocycles. The molecular weight excluding hydrogens is 275 g/mol. The summed E-state index contributed by atoms with van der Waals surface area (Å²) in [6, 6.07) is 5.70.